The molecule has 0 saturated carbocycles. The molecule has 3 nitrogen and oxygen atoms in total. The van der Waals surface area contributed by atoms with Gasteiger partial charge in [0.2, 0.25) is 0 Å². The Kier molecular flexibility index (Phi) is 5.18. The summed E-state index contributed by atoms with van der Waals surface area (Å²) < 4.78 is 0. The molecule has 2 aliphatic rings. The Morgan fingerprint density at radius 3 is 2.68 bits per heavy atom. The average Bonchev–Trinajstić information content (AvgIpc) is 2.94. The average molecular weight is 283 g/mol. The minimum absolute atomic E-state index is 0.408. The smallest absolute Gasteiger partial charge is 0.156 e. The van der Waals surface area contributed by atoms with E-state index in [4.69, 9.17) is 0 Å². The van der Waals surface area contributed by atoms with E-state index in [9.17, 15) is 0 Å². The van der Waals surface area contributed by atoms with Crippen LogP contribution in [-0.2, 0) is 0 Å². The van der Waals surface area contributed by atoms with Crippen LogP contribution in [0.15, 0.2) is 4.99 Å². The van der Waals surface area contributed by atoms with Crippen molar-refractivity contribution < 1.29 is 0 Å². The largest absolute Gasteiger partial charge is 0.363 e. The minimum Gasteiger partial charge on any atom is -0.363 e. The van der Waals surface area contributed by atoms with Gasteiger partial charge in [-0.25, -0.2) is 0 Å². The van der Waals surface area contributed by atoms with Crippen LogP contribution in [0.4, 0.5) is 0 Å². The molecule has 4 heteroatoms. The van der Waals surface area contributed by atoms with E-state index in [1.807, 2.05) is 11.8 Å². The molecule has 0 amide bonds. The third-order valence-corrected chi connectivity index (χ3v) is 5.02. The van der Waals surface area contributed by atoms with Crippen molar-refractivity contribution in [2.24, 2.45) is 10.4 Å². The SMILES string of the molecule is CC(CNC1=NCC(CC(C)(C)C)S1)N1CCCC1. The maximum atomic E-state index is 4.65. The number of amidine groups is 1. The Morgan fingerprint density at radius 1 is 1.37 bits per heavy atom. The molecular weight excluding hydrogens is 254 g/mol. The first kappa shape index (κ1) is 15.2. The highest BCUT2D eigenvalue weighted by atomic mass is 32.2. The lowest BCUT2D eigenvalue weighted by Gasteiger charge is -2.24. The van der Waals surface area contributed by atoms with Crippen molar-refractivity contribution in [1.82, 2.24) is 10.2 Å². The van der Waals surface area contributed by atoms with E-state index in [0.29, 0.717) is 16.7 Å². The minimum atomic E-state index is 0.408. The number of likely N-dealkylation sites (tertiary alicyclic amines) is 1. The number of thioether (sulfide) groups is 1. The molecule has 2 atom stereocenters. The normalized spacial score (nSPS) is 26.5. The zero-order chi connectivity index (χ0) is 13.9. The molecular formula is C15H29N3S. The van der Waals surface area contributed by atoms with E-state index in [-0.39, 0.29) is 0 Å². The zero-order valence-corrected chi connectivity index (χ0v) is 13.7. The molecule has 2 rings (SSSR count). The van der Waals surface area contributed by atoms with Crippen LogP contribution in [0, 0.1) is 5.41 Å². The van der Waals surface area contributed by atoms with Gasteiger partial charge < -0.3 is 5.32 Å². The second-order valence-electron chi connectivity index (χ2n) is 7.12. The summed E-state index contributed by atoms with van der Waals surface area (Å²) in [6.07, 6.45) is 3.98. The van der Waals surface area contributed by atoms with Crippen LogP contribution in [0.25, 0.3) is 0 Å². The summed E-state index contributed by atoms with van der Waals surface area (Å²) >= 11 is 1.94. The number of nitrogens with one attached hydrogen (secondary N) is 1. The molecule has 0 aromatic rings. The maximum absolute atomic E-state index is 4.65. The number of rotatable bonds is 4. The first-order valence-corrected chi connectivity index (χ1v) is 8.51. The number of aliphatic imine (C=N–C) groups is 1. The van der Waals surface area contributed by atoms with Crippen LogP contribution in [0.1, 0.15) is 47.0 Å². The van der Waals surface area contributed by atoms with Crippen LogP contribution >= 0.6 is 11.8 Å². The second-order valence-corrected chi connectivity index (χ2v) is 8.41. The summed E-state index contributed by atoms with van der Waals surface area (Å²) in [4.78, 5) is 7.23. The van der Waals surface area contributed by atoms with Crippen LogP contribution < -0.4 is 5.32 Å². The molecule has 1 N–H and O–H groups in total. The van der Waals surface area contributed by atoms with Gasteiger partial charge in [-0.15, -0.1) is 0 Å². The fourth-order valence-corrected chi connectivity index (χ4v) is 4.21. The van der Waals surface area contributed by atoms with Crippen molar-refractivity contribution in [3.63, 3.8) is 0 Å². The van der Waals surface area contributed by atoms with Gasteiger partial charge in [-0.1, -0.05) is 32.5 Å². The molecule has 0 aliphatic carbocycles. The molecule has 1 fully saturated rings. The maximum Gasteiger partial charge on any atom is 0.156 e. The lowest BCUT2D eigenvalue weighted by molar-refractivity contribution is 0.259. The molecule has 2 unspecified atom stereocenters. The molecule has 2 heterocycles. The molecule has 0 aromatic carbocycles. The molecule has 110 valence electrons. The standard InChI is InChI=1S/C15H29N3S/c1-12(18-7-5-6-8-18)10-16-14-17-11-13(19-14)9-15(2,3)4/h12-13H,5-11H2,1-4H3,(H,16,17). The first-order chi connectivity index (χ1) is 8.94. The monoisotopic (exact) mass is 283 g/mol. The van der Waals surface area contributed by atoms with Crippen molar-refractivity contribution in [3.05, 3.63) is 0 Å². The Hall–Kier alpha value is -0.220. The Morgan fingerprint density at radius 2 is 2.05 bits per heavy atom. The summed E-state index contributed by atoms with van der Waals surface area (Å²) in [6, 6.07) is 0.632. The highest BCUT2D eigenvalue weighted by molar-refractivity contribution is 8.14. The molecule has 0 bridgehead atoms. The fraction of sp³-hybridized carbons (Fsp3) is 0.933. The van der Waals surface area contributed by atoms with Crippen LogP contribution in [-0.4, -0.2) is 47.5 Å². The quantitative estimate of drug-likeness (QED) is 0.859. The van der Waals surface area contributed by atoms with E-state index < -0.39 is 0 Å². The molecule has 2 aliphatic heterocycles. The van der Waals surface area contributed by atoms with E-state index >= 15 is 0 Å². The summed E-state index contributed by atoms with van der Waals surface area (Å²) in [5.74, 6) is 0. The number of nitrogens with zero attached hydrogens (tertiary/aromatic N) is 2. The van der Waals surface area contributed by atoms with Crippen LogP contribution in [0.5, 0.6) is 0 Å². The van der Waals surface area contributed by atoms with Gasteiger partial charge in [-0.05, 0) is 44.7 Å². The summed E-state index contributed by atoms with van der Waals surface area (Å²) in [6.45, 7) is 13.8. The van der Waals surface area contributed by atoms with Gasteiger partial charge in [-0.3, -0.25) is 9.89 Å². The van der Waals surface area contributed by atoms with E-state index in [1.165, 1.54) is 37.5 Å². The predicted octanol–water partition coefficient (Wildman–Crippen LogP) is 2.97. The summed E-state index contributed by atoms with van der Waals surface area (Å²) in [7, 11) is 0. The Labute approximate surface area is 122 Å². The van der Waals surface area contributed by atoms with Crippen molar-refractivity contribution in [3.8, 4) is 0 Å². The van der Waals surface area contributed by atoms with Gasteiger partial charge in [0.15, 0.2) is 5.17 Å². The third-order valence-electron chi connectivity index (χ3n) is 3.87. The predicted molar refractivity (Wildman–Crippen MR) is 86.0 cm³/mol. The van der Waals surface area contributed by atoms with Crippen LogP contribution in [0.3, 0.4) is 0 Å². The Balaban J connectivity index is 1.67. The highest BCUT2D eigenvalue weighted by Gasteiger charge is 2.25. The fourth-order valence-electron chi connectivity index (χ4n) is 2.85. The van der Waals surface area contributed by atoms with Crippen molar-refractivity contribution in [1.29, 1.82) is 0 Å². The van der Waals surface area contributed by atoms with E-state index in [1.54, 1.807) is 0 Å². The van der Waals surface area contributed by atoms with Crippen molar-refractivity contribution in [2.75, 3.05) is 26.2 Å². The topological polar surface area (TPSA) is 27.6 Å². The second kappa shape index (κ2) is 6.49. The lowest BCUT2D eigenvalue weighted by atomic mass is 9.90. The molecule has 0 spiro atoms. The molecule has 1 saturated heterocycles. The Bertz CT molecular complexity index is 316. The number of hydrogen-bond acceptors (Lipinski definition) is 4. The third kappa shape index (κ3) is 4.99. The van der Waals surface area contributed by atoms with Crippen molar-refractivity contribution in [2.45, 2.75) is 58.2 Å². The lowest BCUT2D eigenvalue weighted by Crippen LogP contribution is -2.39. The van der Waals surface area contributed by atoms with Gasteiger partial charge in [0, 0.05) is 17.8 Å². The number of hydrogen-bond donors (Lipinski definition) is 1. The molecule has 19 heavy (non-hydrogen) atoms. The van der Waals surface area contributed by atoms with Crippen molar-refractivity contribution >= 4 is 16.9 Å². The van der Waals surface area contributed by atoms with Gasteiger partial charge in [0.25, 0.3) is 0 Å². The van der Waals surface area contributed by atoms with E-state index in [2.05, 4.69) is 42.9 Å². The van der Waals surface area contributed by atoms with Gasteiger partial charge in [-0.2, -0.15) is 0 Å². The van der Waals surface area contributed by atoms with Gasteiger partial charge in [0.05, 0.1) is 6.54 Å². The van der Waals surface area contributed by atoms with Gasteiger partial charge in [0.1, 0.15) is 0 Å². The first-order valence-electron chi connectivity index (χ1n) is 7.63. The molecule has 0 radical (unpaired) electrons. The van der Waals surface area contributed by atoms with E-state index in [0.717, 1.165) is 13.1 Å². The van der Waals surface area contributed by atoms with Crippen LogP contribution in [0.2, 0.25) is 0 Å². The summed E-state index contributed by atoms with van der Waals surface area (Å²) in [5.41, 5.74) is 0.408. The summed E-state index contributed by atoms with van der Waals surface area (Å²) in [5, 5.41) is 5.38. The zero-order valence-electron chi connectivity index (χ0n) is 12.9. The van der Waals surface area contributed by atoms with Gasteiger partial charge >= 0.3 is 0 Å². The highest BCUT2D eigenvalue weighted by Crippen LogP contribution is 2.31. The molecule has 0 aromatic heterocycles.